The number of carbonyl (C=O) groups is 2. The molecule has 0 bridgehead atoms. The zero-order chi connectivity index (χ0) is 16.4. The molecule has 122 valence electrons. The summed E-state index contributed by atoms with van der Waals surface area (Å²) in [6.45, 7) is 2.45. The van der Waals surface area contributed by atoms with E-state index in [4.69, 9.17) is 9.26 Å². The van der Waals surface area contributed by atoms with Crippen LogP contribution in [0.4, 0.5) is 5.69 Å². The standard InChI is InChI=1S/C15H18N4O4/c1-3-19-8-10(13(17-19)15(21)22-2)16-14(20)12-9-6-4-5-7-11(9)23-18-12/h8H,3-7H2,1-2H3,(H,16,20). The molecule has 8 heteroatoms. The van der Waals surface area contributed by atoms with Crippen LogP contribution in [0.1, 0.15) is 52.1 Å². The molecule has 1 aliphatic rings. The second-order valence-electron chi connectivity index (χ2n) is 5.33. The number of rotatable bonds is 4. The molecule has 0 saturated carbocycles. The van der Waals surface area contributed by atoms with Gasteiger partial charge in [0.25, 0.3) is 5.91 Å². The molecular weight excluding hydrogens is 300 g/mol. The van der Waals surface area contributed by atoms with Gasteiger partial charge in [-0.05, 0) is 26.2 Å². The van der Waals surface area contributed by atoms with E-state index in [-0.39, 0.29) is 11.4 Å². The van der Waals surface area contributed by atoms with Gasteiger partial charge in [0.2, 0.25) is 0 Å². The van der Waals surface area contributed by atoms with Crippen LogP contribution < -0.4 is 5.32 Å². The SMILES string of the molecule is CCn1cc(NC(=O)c2noc3c2CCCC3)c(C(=O)OC)n1. The van der Waals surface area contributed by atoms with Crippen LogP contribution in [0.15, 0.2) is 10.7 Å². The minimum atomic E-state index is -0.602. The highest BCUT2D eigenvalue weighted by Crippen LogP contribution is 2.25. The van der Waals surface area contributed by atoms with Crippen LogP contribution >= 0.6 is 0 Å². The highest BCUT2D eigenvalue weighted by Gasteiger charge is 2.26. The number of nitrogens with one attached hydrogen (secondary N) is 1. The van der Waals surface area contributed by atoms with Gasteiger partial charge < -0.3 is 14.6 Å². The highest BCUT2D eigenvalue weighted by molar-refractivity contribution is 6.07. The first-order valence-corrected chi connectivity index (χ1v) is 7.58. The van der Waals surface area contributed by atoms with Gasteiger partial charge >= 0.3 is 5.97 Å². The number of nitrogens with zero attached hydrogens (tertiary/aromatic N) is 3. The van der Waals surface area contributed by atoms with Crippen molar-refractivity contribution in [2.75, 3.05) is 12.4 Å². The minimum Gasteiger partial charge on any atom is -0.464 e. The van der Waals surface area contributed by atoms with E-state index in [1.54, 1.807) is 10.9 Å². The fourth-order valence-corrected chi connectivity index (χ4v) is 2.67. The van der Waals surface area contributed by atoms with Gasteiger partial charge in [-0.2, -0.15) is 5.10 Å². The molecule has 8 nitrogen and oxygen atoms in total. The molecule has 1 amide bonds. The van der Waals surface area contributed by atoms with Crippen molar-refractivity contribution in [3.05, 3.63) is 28.9 Å². The third-order valence-corrected chi connectivity index (χ3v) is 3.88. The van der Waals surface area contributed by atoms with E-state index in [1.807, 2.05) is 6.92 Å². The zero-order valence-electron chi connectivity index (χ0n) is 13.1. The summed E-state index contributed by atoms with van der Waals surface area (Å²) in [6, 6.07) is 0. The predicted molar refractivity (Wildman–Crippen MR) is 80.3 cm³/mol. The van der Waals surface area contributed by atoms with Gasteiger partial charge in [-0.25, -0.2) is 4.79 Å². The van der Waals surface area contributed by atoms with Crippen molar-refractivity contribution >= 4 is 17.6 Å². The van der Waals surface area contributed by atoms with Crippen LogP contribution in [-0.4, -0.2) is 33.9 Å². The Morgan fingerprint density at radius 3 is 2.87 bits per heavy atom. The van der Waals surface area contributed by atoms with Crippen LogP contribution in [0.2, 0.25) is 0 Å². The average Bonchev–Trinajstić information content (AvgIpc) is 3.18. The van der Waals surface area contributed by atoms with Crippen molar-refractivity contribution in [1.29, 1.82) is 0 Å². The number of amides is 1. The molecule has 0 atom stereocenters. The number of hydrogen-bond donors (Lipinski definition) is 1. The monoisotopic (exact) mass is 318 g/mol. The third-order valence-electron chi connectivity index (χ3n) is 3.88. The lowest BCUT2D eigenvalue weighted by Gasteiger charge is -2.09. The number of carbonyl (C=O) groups excluding carboxylic acids is 2. The molecule has 2 aromatic rings. The molecular formula is C15H18N4O4. The average molecular weight is 318 g/mol. The third kappa shape index (κ3) is 2.84. The number of aromatic nitrogens is 3. The fourth-order valence-electron chi connectivity index (χ4n) is 2.67. The summed E-state index contributed by atoms with van der Waals surface area (Å²) in [5, 5.41) is 10.7. The van der Waals surface area contributed by atoms with E-state index in [2.05, 4.69) is 15.6 Å². The zero-order valence-corrected chi connectivity index (χ0v) is 13.1. The maximum Gasteiger partial charge on any atom is 0.360 e. The van der Waals surface area contributed by atoms with Gasteiger partial charge in [0.15, 0.2) is 11.4 Å². The summed E-state index contributed by atoms with van der Waals surface area (Å²) in [4.78, 5) is 24.3. The van der Waals surface area contributed by atoms with E-state index in [0.29, 0.717) is 12.2 Å². The van der Waals surface area contributed by atoms with Gasteiger partial charge in [-0.1, -0.05) is 5.16 Å². The summed E-state index contributed by atoms with van der Waals surface area (Å²) < 4.78 is 11.5. The van der Waals surface area contributed by atoms with Crippen LogP contribution in [0.3, 0.4) is 0 Å². The van der Waals surface area contributed by atoms with Gasteiger partial charge in [0.1, 0.15) is 5.76 Å². The Bertz CT molecular complexity index is 747. The quantitative estimate of drug-likeness (QED) is 0.863. The van der Waals surface area contributed by atoms with E-state index in [1.165, 1.54) is 7.11 Å². The number of aryl methyl sites for hydroxylation is 2. The summed E-state index contributed by atoms with van der Waals surface area (Å²) in [6.07, 6.45) is 5.22. The van der Waals surface area contributed by atoms with Gasteiger partial charge in [0, 0.05) is 24.7 Å². The molecule has 0 unspecified atom stereocenters. The number of fused-ring (bicyclic) bond motifs is 1. The second kappa shape index (κ2) is 6.23. The van der Waals surface area contributed by atoms with E-state index in [0.717, 1.165) is 37.0 Å². The molecule has 0 fully saturated rings. The topological polar surface area (TPSA) is 99.2 Å². The van der Waals surface area contributed by atoms with Crippen molar-refractivity contribution in [3.63, 3.8) is 0 Å². The summed E-state index contributed by atoms with van der Waals surface area (Å²) in [5.74, 6) is -0.230. The molecule has 0 aliphatic heterocycles. The molecule has 3 rings (SSSR count). The Morgan fingerprint density at radius 2 is 2.13 bits per heavy atom. The van der Waals surface area contributed by atoms with Crippen molar-refractivity contribution < 1.29 is 18.8 Å². The summed E-state index contributed by atoms with van der Waals surface area (Å²) >= 11 is 0. The Balaban J connectivity index is 1.87. The number of esters is 1. The van der Waals surface area contributed by atoms with Crippen LogP contribution in [-0.2, 0) is 24.1 Å². The Morgan fingerprint density at radius 1 is 1.35 bits per heavy atom. The fraction of sp³-hybridized carbons (Fsp3) is 0.467. The summed E-state index contributed by atoms with van der Waals surface area (Å²) in [7, 11) is 1.27. The van der Waals surface area contributed by atoms with Crippen molar-refractivity contribution in [1.82, 2.24) is 14.9 Å². The van der Waals surface area contributed by atoms with E-state index >= 15 is 0 Å². The van der Waals surface area contributed by atoms with Gasteiger partial charge in [-0.3, -0.25) is 9.48 Å². The first-order valence-electron chi connectivity index (χ1n) is 7.58. The molecule has 2 heterocycles. The van der Waals surface area contributed by atoms with Crippen molar-refractivity contribution in [3.8, 4) is 0 Å². The molecule has 1 aliphatic carbocycles. The normalized spacial score (nSPS) is 13.5. The van der Waals surface area contributed by atoms with E-state index in [9.17, 15) is 9.59 Å². The van der Waals surface area contributed by atoms with E-state index < -0.39 is 11.9 Å². The lowest BCUT2D eigenvalue weighted by molar-refractivity contribution is 0.0594. The van der Waals surface area contributed by atoms with Gasteiger partial charge in [0.05, 0.1) is 12.8 Å². The molecule has 0 aromatic carbocycles. The van der Waals surface area contributed by atoms with Crippen LogP contribution in [0, 0.1) is 0 Å². The highest BCUT2D eigenvalue weighted by atomic mass is 16.5. The largest absolute Gasteiger partial charge is 0.464 e. The molecule has 0 radical (unpaired) electrons. The molecule has 0 spiro atoms. The smallest absolute Gasteiger partial charge is 0.360 e. The van der Waals surface area contributed by atoms with Crippen LogP contribution in [0.25, 0.3) is 0 Å². The number of ether oxygens (including phenoxy) is 1. The minimum absolute atomic E-state index is 0.0695. The lowest BCUT2D eigenvalue weighted by Crippen LogP contribution is -2.17. The predicted octanol–water partition coefficient (Wildman–Crippen LogP) is 1.81. The number of hydrogen-bond acceptors (Lipinski definition) is 6. The van der Waals surface area contributed by atoms with Crippen LogP contribution in [0.5, 0.6) is 0 Å². The number of anilines is 1. The number of methoxy groups -OCH3 is 1. The van der Waals surface area contributed by atoms with Crippen molar-refractivity contribution in [2.45, 2.75) is 39.2 Å². The Hall–Kier alpha value is -2.64. The van der Waals surface area contributed by atoms with Gasteiger partial charge in [-0.15, -0.1) is 0 Å². The Kier molecular flexibility index (Phi) is 4.14. The first kappa shape index (κ1) is 15.3. The van der Waals surface area contributed by atoms with Crippen molar-refractivity contribution in [2.24, 2.45) is 0 Å². The Labute approximate surface area is 132 Å². The molecule has 2 aromatic heterocycles. The maximum absolute atomic E-state index is 12.5. The summed E-state index contributed by atoms with van der Waals surface area (Å²) in [5.41, 5.74) is 1.51. The second-order valence-corrected chi connectivity index (χ2v) is 5.33. The molecule has 1 N–H and O–H groups in total. The maximum atomic E-state index is 12.5. The lowest BCUT2D eigenvalue weighted by atomic mass is 9.96. The molecule has 23 heavy (non-hydrogen) atoms. The first-order chi connectivity index (χ1) is 11.1. The molecule has 0 saturated heterocycles.